The SMILES string of the molecule is Cc1cc2c(cc1NC(=O)[C@@H]1CCCCN1C)OCO2. The molecule has 5 nitrogen and oxygen atoms in total. The molecular weight excluding hydrogens is 256 g/mol. The summed E-state index contributed by atoms with van der Waals surface area (Å²) in [5.41, 5.74) is 1.79. The van der Waals surface area contributed by atoms with Crippen LogP contribution in [0.4, 0.5) is 5.69 Å². The predicted molar refractivity (Wildman–Crippen MR) is 76.2 cm³/mol. The van der Waals surface area contributed by atoms with Crippen molar-refractivity contribution in [2.75, 3.05) is 25.7 Å². The summed E-state index contributed by atoms with van der Waals surface area (Å²) < 4.78 is 10.7. The normalized spacial score (nSPS) is 21.8. The van der Waals surface area contributed by atoms with Gasteiger partial charge in [0.05, 0.1) is 6.04 Å². The molecule has 0 bridgehead atoms. The van der Waals surface area contributed by atoms with Gasteiger partial charge >= 0.3 is 0 Å². The highest BCUT2D eigenvalue weighted by Gasteiger charge is 2.26. The highest BCUT2D eigenvalue weighted by Crippen LogP contribution is 2.36. The fourth-order valence-corrected chi connectivity index (χ4v) is 2.80. The van der Waals surface area contributed by atoms with E-state index < -0.39 is 0 Å². The van der Waals surface area contributed by atoms with E-state index in [9.17, 15) is 4.79 Å². The van der Waals surface area contributed by atoms with E-state index in [1.807, 2.05) is 26.1 Å². The summed E-state index contributed by atoms with van der Waals surface area (Å²) in [5, 5.41) is 3.02. The van der Waals surface area contributed by atoms with Crippen molar-refractivity contribution in [1.29, 1.82) is 0 Å². The Morgan fingerprint density at radius 3 is 2.80 bits per heavy atom. The number of nitrogens with one attached hydrogen (secondary N) is 1. The average Bonchev–Trinajstić information content (AvgIpc) is 2.86. The minimum atomic E-state index is -0.0337. The number of hydrogen-bond acceptors (Lipinski definition) is 4. The van der Waals surface area contributed by atoms with Crippen LogP contribution in [0.25, 0.3) is 0 Å². The molecule has 2 aliphatic heterocycles. The van der Waals surface area contributed by atoms with Gasteiger partial charge in [-0.05, 0) is 45.0 Å². The standard InChI is InChI=1S/C15H20N2O3/c1-10-7-13-14(20-9-19-13)8-11(10)16-15(18)12-5-3-4-6-17(12)2/h7-8,12H,3-6,9H2,1-2H3,(H,16,18)/t12-/m0/s1. The van der Waals surface area contributed by atoms with Crippen LogP contribution in [0.1, 0.15) is 24.8 Å². The number of rotatable bonds is 2. The first-order valence-electron chi connectivity index (χ1n) is 7.06. The number of carbonyl (C=O) groups excluding carboxylic acids is 1. The molecule has 2 aliphatic rings. The maximum absolute atomic E-state index is 12.4. The van der Waals surface area contributed by atoms with Crippen molar-refractivity contribution in [3.63, 3.8) is 0 Å². The number of fused-ring (bicyclic) bond motifs is 1. The summed E-state index contributed by atoms with van der Waals surface area (Å²) in [6.07, 6.45) is 3.21. The minimum Gasteiger partial charge on any atom is -0.454 e. The molecule has 1 fully saturated rings. The second-order valence-electron chi connectivity index (χ2n) is 5.50. The van der Waals surface area contributed by atoms with Gasteiger partial charge in [-0.2, -0.15) is 0 Å². The molecule has 1 aromatic rings. The summed E-state index contributed by atoms with van der Waals surface area (Å²) in [5.74, 6) is 1.51. The van der Waals surface area contributed by atoms with E-state index in [1.165, 1.54) is 6.42 Å². The number of carbonyl (C=O) groups is 1. The largest absolute Gasteiger partial charge is 0.454 e. The third-order valence-corrected chi connectivity index (χ3v) is 4.05. The number of piperidine rings is 1. The van der Waals surface area contributed by atoms with Gasteiger partial charge in [0.15, 0.2) is 11.5 Å². The molecule has 3 rings (SSSR count). The molecule has 1 aromatic carbocycles. The van der Waals surface area contributed by atoms with Crippen LogP contribution in [0, 0.1) is 6.92 Å². The fourth-order valence-electron chi connectivity index (χ4n) is 2.80. The Morgan fingerprint density at radius 2 is 2.05 bits per heavy atom. The van der Waals surface area contributed by atoms with E-state index in [-0.39, 0.29) is 18.7 Å². The maximum Gasteiger partial charge on any atom is 0.241 e. The first-order valence-corrected chi connectivity index (χ1v) is 7.06. The number of amides is 1. The number of nitrogens with zero attached hydrogens (tertiary/aromatic N) is 1. The number of likely N-dealkylation sites (N-methyl/N-ethyl adjacent to an activating group) is 1. The smallest absolute Gasteiger partial charge is 0.241 e. The van der Waals surface area contributed by atoms with E-state index in [0.717, 1.165) is 36.4 Å². The summed E-state index contributed by atoms with van der Waals surface area (Å²) in [6, 6.07) is 3.72. The zero-order valence-electron chi connectivity index (χ0n) is 11.9. The zero-order valence-corrected chi connectivity index (χ0v) is 11.9. The Labute approximate surface area is 118 Å². The zero-order chi connectivity index (χ0) is 14.1. The molecule has 20 heavy (non-hydrogen) atoms. The Bertz CT molecular complexity index is 530. The van der Waals surface area contributed by atoms with Gasteiger partial charge < -0.3 is 14.8 Å². The van der Waals surface area contributed by atoms with Crippen LogP contribution < -0.4 is 14.8 Å². The van der Waals surface area contributed by atoms with Crippen LogP contribution in [-0.4, -0.2) is 37.2 Å². The average molecular weight is 276 g/mol. The van der Waals surface area contributed by atoms with Crippen LogP contribution in [0.15, 0.2) is 12.1 Å². The topological polar surface area (TPSA) is 50.8 Å². The lowest BCUT2D eigenvalue weighted by Gasteiger charge is -2.31. The summed E-state index contributed by atoms with van der Waals surface area (Å²) in [4.78, 5) is 14.5. The first kappa shape index (κ1) is 13.2. The number of hydrogen-bond donors (Lipinski definition) is 1. The molecule has 5 heteroatoms. The molecule has 1 amide bonds. The molecule has 0 radical (unpaired) electrons. The Hall–Kier alpha value is -1.75. The quantitative estimate of drug-likeness (QED) is 0.899. The lowest BCUT2D eigenvalue weighted by Crippen LogP contribution is -2.44. The summed E-state index contributed by atoms with van der Waals surface area (Å²) >= 11 is 0. The molecule has 1 atom stereocenters. The number of ether oxygens (including phenoxy) is 2. The predicted octanol–water partition coefficient (Wildman–Crippen LogP) is 2.15. The van der Waals surface area contributed by atoms with Crippen LogP contribution in [-0.2, 0) is 4.79 Å². The number of anilines is 1. The van der Waals surface area contributed by atoms with E-state index in [1.54, 1.807) is 0 Å². The lowest BCUT2D eigenvalue weighted by atomic mass is 10.0. The van der Waals surface area contributed by atoms with Crippen LogP contribution in [0.2, 0.25) is 0 Å². The molecule has 1 N–H and O–H groups in total. The summed E-state index contributed by atoms with van der Waals surface area (Å²) in [6.45, 7) is 3.19. The second kappa shape index (κ2) is 5.32. The van der Waals surface area contributed by atoms with Gasteiger partial charge in [0.2, 0.25) is 12.7 Å². The van der Waals surface area contributed by atoms with Gasteiger partial charge in [-0.3, -0.25) is 9.69 Å². The van der Waals surface area contributed by atoms with Gasteiger partial charge in [0, 0.05) is 11.8 Å². The van der Waals surface area contributed by atoms with Crippen LogP contribution >= 0.6 is 0 Å². The number of likely N-dealkylation sites (tertiary alicyclic amines) is 1. The van der Waals surface area contributed by atoms with Crippen molar-refractivity contribution in [3.05, 3.63) is 17.7 Å². The van der Waals surface area contributed by atoms with Crippen molar-refractivity contribution in [3.8, 4) is 11.5 Å². The molecule has 108 valence electrons. The maximum atomic E-state index is 12.4. The number of aryl methyl sites for hydroxylation is 1. The van der Waals surface area contributed by atoms with E-state index >= 15 is 0 Å². The molecule has 0 unspecified atom stereocenters. The molecular formula is C15H20N2O3. The van der Waals surface area contributed by atoms with Crippen molar-refractivity contribution in [2.24, 2.45) is 0 Å². The molecule has 0 aliphatic carbocycles. The van der Waals surface area contributed by atoms with E-state index in [4.69, 9.17) is 9.47 Å². The molecule has 0 spiro atoms. The minimum absolute atomic E-state index is 0.0337. The molecule has 2 heterocycles. The van der Waals surface area contributed by atoms with E-state index in [2.05, 4.69) is 10.2 Å². The first-order chi connectivity index (χ1) is 9.65. The number of benzene rings is 1. The molecule has 1 saturated heterocycles. The molecule has 0 aromatic heterocycles. The van der Waals surface area contributed by atoms with Crippen molar-refractivity contribution in [2.45, 2.75) is 32.2 Å². The van der Waals surface area contributed by atoms with Crippen molar-refractivity contribution in [1.82, 2.24) is 4.90 Å². The summed E-state index contributed by atoms with van der Waals surface area (Å²) in [7, 11) is 2.01. The van der Waals surface area contributed by atoms with Gasteiger partial charge in [0.25, 0.3) is 0 Å². The van der Waals surface area contributed by atoms with Gasteiger partial charge in [-0.15, -0.1) is 0 Å². The van der Waals surface area contributed by atoms with Gasteiger partial charge in [0.1, 0.15) is 0 Å². The third-order valence-electron chi connectivity index (χ3n) is 4.05. The van der Waals surface area contributed by atoms with Crippen LogP contribution in [0.5, 0.6) is 11.5 Å². The highest BCUT2D eigenvalue weighted by molar-refractivity contribution is 5.95. The lowest BCUT2D eigenvalue weighted by molar-refractivity contribution is -0.121. The Balaban J connectivity index is 1.75. The van der Waals surface area contributed by atoms with Crippen molar-refractivity contribution >= 4 is 11.6 Å². The van der Waals surface area contributed by atoms with Gasteiger partial charge in [-0.25, -0.2) is 0 Å². The molecule has 0 saturated carbocycles. The monoisotopic (exact) mass is 276 g/mol. The van der Waals surface area contributed by atoms with E-state index in [0.29, 0.717) is 5.75 Å². The van der Waals surface area contributed by atoms with Crippen LogP contribution in [0.3, 0.4) is 0 Å². The highest BCUT2D eigenvalue weighted by atomic mass is 16.7. The Kier molecular flexibility index (Phi) is 3.53. The fraction of sp³-hybridized carbons (Fsp3) is 0.533. The van der Waals surface area contributed by atoms with Crippen molar-refractivity contribution < 1.29 is 14.3 Å². The van der Waals surface area contributed by atoms with Gasteiger partial charge in [-0.1, -0.05) is 6.42 Å². The second-order valence-corrected chi connectivity index (χ2v) is 5.50. The Morgan fingerprint density at radius 1 is 1.30 bits per heavy atom. The third kappa shape index (κ3) is 2.45.